The first kappa shape index (κ1) is 22.4. The molecule has 0 heterocycles. The van der Waals surface area contributed by atoms with Crippen LogP contribution in [0.4, 0.5) is 0 Å². The second-order valence-electron chi connectivity index (χ2n) is 7.76. The molecule has 0 fully saturated rings. The Morgan fingerprint density at radius 1 is 0.441 bits per heavy atom. The molecule has 0 aliphatic heterocycles. The van der Waals surface area contributed by atoms with Gasteiger partial charge in [-0.05, 0) is 71.3 Å². The van der Waals surface area contributed by atoms with Crippen LogP contribution < -0.4 is 4.74 Å². The zero-order chi connectivity index (χ0) is 23.2. The maximum atomic E-state index is 5.78. The fraction of sp³-hybridized carbons (Fsp3) is 0.0323. The third-order valence-electron chi connectivity index (χ3n) is 5.51. The highest BCUT2D eigenvalue weighted by Gasteiger charge is 2.13. The lowest BCUT2D eigenvalue weighted by molar-refractivity contribution is 0.416. The number of rotatable bonds is 7. The van der Waals surface area contributed by atoms with Gasteiger partial charge in [-0.2, -0.15) is 0 Å². The SMILES string of the molecule is COc1cccc(-c2ccc(Sc3ccccc3)cc2)c1-c1ccc(Sc2ccccc2)cc1. The van der Waals surface area contributed by atoms with Crippen molar-refractivity contribution in [3.63, 3.8) is 0 Å². The standard InChI is InChI=1S/C31H24OS2/c1-32-30-14-8-13-29(23-15-19-27(20-16-23)33-25-9-4-2-5-10-25)31(30)24-17-21-28(22-18-24)34-26-11-6-3-7-12-26/h2-22H,1H3. The van der Waals surface area contributed by atoms with Gasteiger partial charge in [-0.15, -0.1) is 0 Å². The van der Waals surface area contributed by atoms with Crippen LogP contribution in [0, 0.1) is 0 Å². The molecule has 0 saturated carbocycles. The fourth-order valence-electron chi connectivity index (χ4n) is 3.88. The van der Waals surface area contributed by atoms with E-state index in [2.05, 4.69) is 109 Å². The van der Waals surface area contributed by atoms with Gasteiger partial charge in [0.05, 0.1) is 7.11 Å². The Balaban J connectivity index is 1.44. The second kappa shape index (κ2) is 10.7. The number of hydrogen-bond acceptors (Lipinski definition) is 3. The van der Waals surface area contributed by atoms with E-state index < -0.39 is 0 Å². The van der Waals surface area contributed by atoms with Gasteiger partial charge in [0.1, 0.15) is 5.75 Å². The van der Waals surface area contributed by atoms with Crippen molar-refractivity contribution in [1.29, 1.82) is 0 Å². The summed E-state index contributed by atoms with van der Waals surface area (Å²) in [6, 6.07) is 44.7. The van der Waals surface area contributed by atoms with Gasteiger partial charge in [-0.25, -0.2) is 0 Å². The molecule has 5 rings (SSSR count). The quantitative estimate of drug-likeness (QED) is 0.232. The Morgan fingerprint density at radius 2 is 0.912 bits per heavy atom. The highest BCUT2D eigenvalue weighted by atomic mass is 32.2. The molecule has 0 amide bonds. The van der Waals surface area contributed by atoms with Crippen LogP contribution >= 0.6 is 23.5 Å². The van der Waals surface area contributed by atoms with Crippen LogP contribution in [0.15, 0.2) is 147 Å². The van der Waals surface area contributed by atoms with Crippen LogP contribution in [0.3, 0.4) is 0 Å². The van der Waals surface area contributed by atoms with E-state index >= 15 is 0 Å². The monoisotopic (exact) mass is 476 g/mol. The molecule has 5 aromatic carbocycles. The normalized spacial score (nSPS) is 10.7. The molecule has 5 aromatic rings. The molecule has 1 nitrogen and oxygen atoms in total. The summed E-state index contributed by atoms with van der Waals surface area (Å²) in [7, 11) is 1.74. The minimum Gasteiger partial charge on any atom is -0.496 e. The van der Waals surface area contributed by atoms with Gasteiger partial charge in [0.25, 0.3) is 0 Å². The van der Waals surface area contributed by atoms with Crippen molar-refractivity contribution in [2.45, 2.75) is 19.6 Å². The highest BCUT2D eigenvalue weighted by molar-refractivity contribution is 7.99. The van der Waals surface area contributed by atoms with E-state index in [0.717, 1.165) is 16.9 Å². The van der Waals surface area contributed by atoms with Crippen LogP contribution in [-0.4, -0.2) is 7.11 Å². The zero-order valence-corrected chi connectivity index (χ0v) is 20.5. The summed E-state index contributed by atoms with van der Waals surface area (Å²) in [6.07, 6.45) is 0. The van der Waals surface area contributed by atoms with Gasteiger partial charge >= 0.3 is 0 Å². The first-order valence-corrected chi connectivity index (χ1v) is 12.8. The van der Waals surface area contributed by atoms with Crippen molar-refractivity contribution in [3.8, 4) is 28.0 Å². The minimum absolute atomic E-state index is 0.878. The molecular formula is C31H24OS2. The lowest BCUT2D eigenvalue weighted by atomic mass is 9.94. The molecule has 0 saturated heterocycles. The summed E-state index contributed by atoms with van der Waals surface area (Å²) in [5, 5.41) is 0. The zero-order valence-electron chi connectivity index (χ0n) is 18.8. The van der Waals surface area contributed by atoms with Gasteiger partial charge in [0, 0.05) is 25.1 Å². The summed E-state index contributed by atoms with van der Waals surface area (Å²) in [6.45, 7) is 0. The molecule has 0 aliphatic rings. The third kappa shape index (κ3) is 5.22. The van der Waals surface area contributed by atoms with Crippen molar-refractivity contribution < 1.29 is 4.74 Å². The van der Waals surface area contributed by atoms with E-state index in [0.29, 0.717) is 0 Å². The minimum atomic E-state index is 0.878. The van der Waals surface area contributed by atoms with Gasteiger partial charge in [0.2, 0.25) is 0 Å². The van der Waals surface area contributed by atoms with Crippen molar-refractivity contribution in [2.24, 2.45) is 0 Å². The van der Waals surface area contributed by atoms with Gasteiger partial charge in [0.15, 0.2) is 0 Å². The van der Waals surface area contributed by atoms with Crippen LogP contribution in [0.2, 0.25) is 0 Å². The van der Waals surface area contributed by atoms with Crippen molar-refractivity contribution in [2.75, 3.05) is 7.11 Å². The Labute approximate surface area is 209 Å². The number of ether oxygens (including phenoxy) is 1. The average Bonchev–Trinajstić information content (AvgIpc) is 2.90. The number of benzene rings is 5. The molecule has 0 atom stereocenters. The molecule has 0 unspecified atom stereocenters. The Kier molecular flexibility index (Phi) is 7.04. The molecule has 0 aromatic heterocycles. The highest BCUT2D eigenvalue weighted by Crippen LogP contribution is 2.41. The van der Waals surface area contributed by atoms with Gasteiger partial charge in [-0.3, -0.25) is 0 Å². The van der Waals surface area contributed by atoms with Crippen LogP contribution in [0.5, 0.6) is 5.75 Å². The second-order valence-corrected chi connectivity index (χ2v) is 10.1. The van der Waals surface area contributed by atoms with Crippen molar-refractivity contribution in [3.05, 3.63) is 127 Å². The van der Waals surface area contributed by atoms with Crippen LogP contribution in [0.25, 0.3) is 22.3 Å². The molecule has 3 heteroatoms. The molecule has 0 spiro atoms. The third-order valence-corrected chi connectivity index (χ3v) is 7.54. The van der Waals surface area contributed by atoms with Gasteiger partial charge < -0.3 is 4.74 Å². The first-order chi connectivity index (χ1) is 16.8. The van der Waals surface area contributed by atoms with E-state index in [4.69, 9.17) is 4.74 Å². The summed E-state index contributed by atoms with van der Waals surface area (Å²) >= 11 is 3.55. The van der Waals surface area contributed by atoms with E-state index in [1.54, 1.807) is 30.6 Å². The fourth-order valence-corrected chi connectivity index (χ4v) is 5.56. The lowest BCUT2D eigenvalue weighted by Crippen LogP contribution is -1.92. The van der Waals surface area contributed by atoms with Crippen molar-refractivity contribution in [1.82, 2.24) is 0 Å². The maximum absolute atomic E-state index is 5.78. The van der Waals surface area contributed by atoms with E-state index in [9.17, 15) is 0 Å². The predicted molar refractivity (Wildman–Crippen MR) is 145 cm³/mol. The van der Waals surface area contributed by atoms with Crippen LogP contribution in [-0.2, 0) is 0 Å². The Hall–Kier alpha value is -3.40. The van der Waals surface area contributed by atoms with E-state index in [1.165, 1.54) is 30.7 Å². The summed E-state index contributed by atoms with van der Waals surface area (Å²) in [5.74, 6) is 0.878. The molecule has 166 valence electrons. The molecule has 0 radical (unpaired) electrons. The molecule has 0 aliphatic carbocycles. The average molecular weight is 477 g/mol. The van der Waals surface area contributed by atoms with Gasteiger partial charge in [-0.1, -0.05) is 96.3 Å². The first-order valence-electron chi connectivity index (χ1n) is 11.1. The Bertz CT molecular complexity index is 1350. The molecular weight excluding hydrogens is 452 g/mol. The van der Waals surface area contributed by atoms with E-state index in [-0.39, 0.29) is 0 Å². The molecule has 0 N–H and O–H groups in total. The van der Waals surface area contributed by atoms with E-state index in [1.807, 2.05) is 18.2 Å². The lowest BCUT2D eigenvalue weighted by Gasteiger charge is -2.15. The summed E-state index contributed by atoms with van der Waals surface area (Å²) < 4.78 is 5.78. The molecule has 0 bridgehead atoms. The predicted octanol–water partition coefficient (Wildman–Crippen LogP) is 9.33. The Morgan fingerprint density at radius 3 is 1.41 bits per heavy atom. The van der Waals surface area contributed by atoms with Crippen molar-refractivity contribution >= 4 is 23.5 Å². The summed E-state index contributed by atoms with van der Waals surface area (Å²) in [5.41, 5.74) is 4.60. The maximum Gasteiger partial charge on any atom is 0.127 e. The van der Waals surface area contributed by atoms with Crippen LogP contribution in [0.1, 0.15) is 0 Å². The molecule has 34 heavy (non-hydrogen) atoms. The topological polar surface area (TPSA) is 9.23 Å². The summed E-state index contributed by atoms with van der Waals surface area (Å²) in [4.78, 5) is 4.92. The smallest absolute Gasteiger partial charge is 0.127 e. The largest absolute Gasteiger partial charge is 0.496 e. The number of hydrogen-bond donors (Lipinski definition) is 0. The number of methoxy groups -OCH3 is 1.